The van der Waals surface area contributed by atoms with Gasteiger partial charge in [-0.2, -0.15) is 0 Å². The number of hydrogen-bond donors (Lipinski definition) is 4. The van der Waals surface area contributed by atoms with Crippen LogP contribution in [0.2, 0.25) is 0 Å². The van der Waals surface area contributed by atoms with Gasteiger partial charge in [0, 0.05) is 32.2 Å². The van der Waals surface area contributed by atoms with Gasteiger partial charge in [-0.3, -0.25) is 0 Å². The van der Waals surface area contributed by atoms with Crippen LogP contribution in [0.3, 0.4) is 0 Å². The van der Waals surface area contributed by atoms with E-state index in [1.54, 1.807) is 4.90 Å². The maximum Gasteiger partial charge on any atom is 0.326 e. The minimum atomic E-state index is -1.14. The average molecular weight is 274 g/mol. The first-order chi connectivity index (χ1) is 9.10. The third-order valence-corrected chi connectivity index (χ3v) is 3.35. The smallest absolute Gasteiger partial charge is 0.326 e. The van der Waals surface area contributed by atoms with Crippen LogP contribution in [-0.2, 0) is 4.79 Å². The molecule has 0 radical (unpaired) electrons. The van der Waals surface area contributed by atoms with E-state index in [2.05, 4.69) is 5.32 Å². The fourth-order valence-electron chi connectivity index (χ4n) is 2.35. The van der Waals surface area contributed by atoms with Crippen molar-refractivity contribution in [3.63, 3.8) is 0 Å². The quantitative estimate of drug-likeness (QED) is 0.512. The molecule has 1 fully saturated rings. The molecule has 2 amide bonds. The van der Waals surface area contributed by atoms with Gasteiger partial charge in [0.15, 0.2) is 0 Å². The zero-order valence-corrected chi connectivity index (χ0v) is 10.9. The first-order valence-electron chi connectivity index (χ1n) is 6.61. The first kappa shape index (κ1) is 15.7. The number of rotatable bonds is 7. The zero-order chi connectivity index (χ0) is 14.3. The van der Waals surface area contributed by atoms with E-state index in [9.17, 15) is 9.59 Å². The third-order valence-electron chi connectivity index (χ3n) is 3.35. The van der Waals surface area contributed by atoms with Crippen molar-refractivity contribution in [2.75, 3.05) is 19.8 Å². The third kappa shape index (κ3) is 4.68. The number of nitrogens with one attached hydrogen (secondary N) is 1. The largest absolute Gasteiger partial charge is 0.480 e. The Labute approximate surface area is 112 Å². The monoisotopic (exact) mass is 274 g/mol. The van der Waals surface area contributed by atoms with E-state index in [1.807, 2.05) is 0 Å². The molecule has 0 aromatic carbocycles. The summed E-state index contributed by atoms with van der Waals surface area (Å²) in [5.41, 5.74) is 0. The van der Waals surface area contributed by atoms with Gasteiger partial charge in [0.25, 0.3) is 0 Å². The number of carboxylic acids is 1. The van der Waals surface area contributed by atoms with Crippen molar-refractivity contribution in [1.29, 1.82) is 0 Å². The summed E-state index contributed by atoms with van der Waals surface area (Å²) in [7, 11) is 0. The lowest BCUT2D eigenvalue weighted by Gasteiger charge is -2.26. The molecule has 7 nitrogen and oxygen atoms in total. The maximum atomic E-state index is 12.0. The number of carbonyl (C=O) groups is 2. The number of hydrogen-bond acceptors (Lipinski definition) is 4. The van der Waals surface area contributed by atoms with E-state index < -0.39 is 18.0 Å². The summed E-state index contributed by atoms with van der Waals surface area (Å²) in [6.07, 6.45) is 3.12. The minimum absolute atomic E-state index is 0.00375. The van der Waals surface area contributed by atoms with E-state index in [-0.39, 0.29) is 25.7 Å². The van der Waals surface area contributed by atoms with Crippen LogP contribution in [0.25, 0.3) is 0 Å². The molecule has 0 saturated carbocycles. The Morgan fingerprint density at radius 2 is 2.05 bits per heavy atom. The Balaban J connectivity index is 2.52. The van der Waals surface area contributed by atoms with Gasteiger partial charge in [0.05, 0.1) is 0 Å². The lowest BCUT2D eigenvalue weighted by molar-refractivity contribution is -0.139. The standard InChI is InChI=1S/C12H22N2O5/c15-7-2-4-9-3-1-6-14(9)12(19)13-10(5-8-16)11(17)18/h9-10,15-16H,1-8H2,(H,13,19)(H,17,18). The molecule has 1 rings (SSSR count). The van der Waals surface area contributed by atoms with Gasteiger partial charge in [-0.15, -0.1) is 0 Å². The highest BCUT2D eigenvalue weighted by molar-refractivity contribution is 5.82. The summed E-state index contributed by atoms with van der Waals surface area (Å²) in [6.45, 7) is 0.410. The number of carboxylic acid groups (broad SMARTS) is 1. The predicted molar refractivity (Wildman–Crippen MR) is 67.7 cm³/mol. The number of aliphatic hydroxyl groups excluding tert-OH is 2. The molecule has 0 spiro atoms. The molecule has 0 aromatic heterocycles. The van der Waals surface area contributed by atoms with Crippen molar-refractivity contribution >= 4 is 12.0 Å². The van der Waals surface area contributed by atoms with Crippen LogP contribution in [0, 0.1) is 0 Å². The SMILES string of the molecule is O=C(O)C(CCO)NC(=O)N1CCCC1CCCO. The number of carbonyl (C=O) groups excluding carboxylic acids is 1. The molecule has 7 heteroatoms. The molecule has 1 aliphatic rings. The summed E-state index contributed by atoms with van der Waals surface area (Å²) in [6, 6.07) is -1.39. The van der Waals surface area contributed by atoms with E-state index >= 15 is 0 Å². The van der Waals surface area contributed by atoms with Crippen molar-refractivity contribution < 1.29 is 24.9 Å². The topological polar surface area (TPSA) is 110 Å². The Morgan fingerprint density at radius 1 is 1.32 bits per heavy atom. The summed E-state index contributed by atoms with van der Waals surface area (Å²) in [5, 5.41) is 28.9. The van der Waals surface area contributed by atoms with Crippen LogP contribution in [-0.4, -0.2) is 64.1 Å². The van der Waals surface area contributed by atoms with Gasteiger partial charge in [-0.25, -0.2) is 9.59 Å². The maximum absolute atomic E-state index is 12.0. The van der Waals surface area contributed by atoms with Crippen LogP contribution in [0.4, 0.5) is 4.79 Å². The fraction of sp³-hybridized carbons (Fsp3) is 0.833. The van der Waals surface area contributed by atoms with Gasteiger partial charge in [-0.05, 0) is 25.7 Å². The fourth-order valence-corrected chi connectivity index (χ4v) is 2.35. The Bertz CT molecular complexity index is 310. The molecular weight excluding hydrogens is 252 g/mol. The van der Waals surface area contributed by atoms with Crippen molar-refractivity contribution in [3.8, 4) is 0 Å². The number of amides is 2. The van der Waals surface area contributed by atoms with Crippen LogP contribution in [0.15, 0.2) is 0 Å². The van der Waals surface area contributed by atoms with Crippen LogP contribution in [0.1, 0.15) is 32.1 Å². The summed E-state index contributed by atoms with van der Waals surface area (Å²) in [5.74, 6) is -1.14. The summed E-state index contributed by atoms with van der Waals surface area (Å²) in [4.78, 5) is 24.6. The normalized spacial score (nSPS) is 20.3. The highest BCUT2D eigenvalue weighted by atomic mass is 16.4. The second-order valence-electron chi connectivity index (χ2n) is 4.71. The summed E-state index contributed by atoms with van der Waals surface area (Å²) >= 11 is 0. The highest BCUT2D eigenvalue weighted by Crippen LogP contribution is 2.21. The number of aliphatic hydroxyl groups is 2. The molecule has 4 N–H and O–H groups in total. The minimum Gasteiger partial charge on any atom is -0.480 e. The number of nitrogens with zero attached hydrogens (tertiary/aromatic N) is 1. The van der Waals surface area contributed by atoms with Crippen molar-refractivity contribution in [2.24, 2.45) is 0 Å². The van der Waals surface area contributed by atoms with Gasteiger partial charge in [0.1, 0.15) is 6.04 Å². The summed E-state index contributed by atoms with van der Waals surface area (Å²) < 4.78 is 0. The molecule has 1 heterocycles. The lowest BCUT2D eigenvalue weighted by Crippen LogP contribution is -2.49. The van der Waals surface area contributed by atoms with Gasteiger partial charge < -0.3 is 25.5 Å². The van der Waals surface area contributed by atoms with Crippen molar-refractivity contribution in [2.45, 2.75) is 44.2 Å². The van der Waals surface area contributed by atoms with Gasteiger partial charge in [-0.1, -0.05) is 0 Å². The average Bonchev–Trinajstić information content (AvgIpc) is 2.83. The van der Waals surface area contributed by atoms with E-state index in [1.165, 1.54) is 0 Å². The molecule has 0 bridgehead atoms. The van der Waals surface area contributed by atoms with Gasteiger partial charge >= 0.3 is 12.0 Å². The molecule has 2 unspecified atom stereocenters. The molecule has 1 saturated heterocycles. The first-order valence-corrected chi connectivity index (χ1v) is 6.61. The molecule has 110 valence electrons. The predicted octanol–water partition coefficient (Wildman–Crippen LogP) is -0.231. The van der Waals surface area contributed by atoms with E-state index in [4.69, 9.17) is 15.3 Å². The van der Waals surface area contributed by atoms with Crippen molar-refractivity contribution in [3.05, 3.63) is 0 Å². The van der Waals surface area contributed by atoms with Crippen molar-refractivity contribution in [1.82, 2.24) is 10.2 Å². The molecule has 0 aliphatic carbocycles. The van der Waals surface area contributed by atoms with Crippen LogP contribution < -0.4 is 5.32 Å². The highest BCUT2D eigenvalue weighted by Gasteiger charge is 2.30. The molecule has 1 aliphatic heterocycles. The van der Waals surface area contributed by atoms with E-state index in [0.717, 1.165) is 19.3 Å². The zero-order valence-electron chi connectivity index (χ0n) is 10.9. The second-order valence-corrected chi connectivity index (χ2v) is 4.71. The van der Waals surface area contributed by atoms with Gasteiger partial charge in [0.2, 0.25) is 0 Å². The lowest BCUT2D eigenvalue weighted by atomic mass is 10.1. The Hall–Kier alpha value is -1.34. The molecule has 19 heavy (non-hydrogen) atoms. The number of aliphatic carboxylic acids is 1. The number of likely N-dealkylation sites (tertiary alicyclic amines) is 1. The Kier molecular flexibility index (Phi) is 6.58. The van der Waals surface area contributed by atoms with E-state index in [0.29, 0.717) is 13.0 Å². The molecule has 2 atom stereocenters. The van der Waals surface area contributed by atoms with Crippen LogP contribution in [0.5, 0.6) is 0 Å². The number of urea groups is 1. The molecular formula is C12H22N2O5. The Morgan fingerprint density at radius 3 is 2.63 bits per heavy atom. The molecule has 0 aromatic rings. The van der Waals surface area contributed by atoms with Crippen LogP contribution >= 0.6 is 0 Å². The second kappa shape index (κ2) is 7.96.